The maximum Gasteiger partial charge on any atom is 0.173 e. The third kappa shape index (κ3) is 4.91. The molecule has 0 heterocycles. The molecule has 0 unspecified atom stereocenters. The minimum atomic E-state index is 0.0430. The van der Waals surface area contributed by atoms with Crippen molar-refractivity contribution in [2.45, 2.75) is 19.4 Å². The van der Waals surface area contributed by atoms with E-state index < -0.39 is 0 Å². The van der Waals surface area contributed by atoms with Crippen LogP contribution in [0.5, 0.6) is 5.75 Å². The molecular formula is C15H23N3O3. The van der Waals surface area contributed by atoms with E-state index in [1.165, 1.54) is 12.8 Å². The van der Waals surface area contributed by atoms with Crippen molar-refractivity contribution >= 4 is 5.84 Å². The summed E-state index contributed by atoms with van der Waals surface area (Å²) in [5.41, 5.74) is 7.28. The van der Waals surface area contributed by atoms with E-state index in [9.17, 15) is 0 Å². The molecule has 1 aromatic rings. The summed E-state index contributed by atoms with van der Waals surface area (Å²) in [6.45, 7) is 3.11. The molecule has 0 bridgehead atoms. The third-order valence-corrected chi connectivity index (χ3v) is 3.45. The van der Waals surface area contributed by atoms with Crippen molar-refractivity contribution in [3.8, 4) is 5.75 Å². The molecule has 21 heavy (non-hydrogen) atoms. The molecule has 1 aliphatic carbocycles. The van der Waals surface area contributed by atoms with E-state index in [1.807, 2.05) is 18.2 Å². The molecule has 6 heteroatoms. The Balaban J connectivity index is 1.79. The van der Waals surface area contributed by atoms with Gasteiger partial charge in [0.25, 0.3) is 0 Å². The summed E-state index contributed by atoms with van der Waals surface area (Å²) in [6.07, 6.45) is 2.63. The molecule has 116 valence electrons. The van der Waals surface area contributed by atoms with Crippen molar-refractivity contribution in [3.05, 3.63) is 29.3 Å². The second-order valence-corrected chi connectivity index (χ2v) is 5.21. The molecule has 0 radical (unpaired) electrons. The van der Waals surface area contributed by atoms with Crippen molar-refractivity contribution in [1.82, 2.24) is 5.32 Å². The number of nitrogens with one attached hydrogen (secondary N) is 1. The van der Waals surface area contributed by atoms with Crippen LogP contribution >= 0.6 is 0 Å². The van der Waals surface area contributed by atoms with Crippen molar-refractivity contribution < 1.29 is 14.7 Å². The monoisotopic (exact) mass is 293 g/mol. The molecule has 0 atom stereocenters. The van der Waals surface area contributed by atoms with Gasteiger partial charge in [0.05, 0.1) is 19.3 Å². The SMILES string of the molecule is COc1ccc(CNCCOCC2CC2)cc1/C(N)=N/O. The predicted molar refractivity (Wildman–Crippen MR) is 80.8 cm³/mol. The lowest BCUT2D eigenvalue weighted by molar-refractivity contribution is 0.126. The number of hydrogen-bond acceptors (Lipinski definition) is 5. The summed E-state index contributed by atoms with van der Waals surface area (Å²) in [7, 11) is 1.55. The highest BCUT2D eigenvalue weighted by Gasteiger charge is 2.20. The first kappa shape index (κ1) is 15.6. The van der Waals surface area contributed by atoms with Crippen LogP contribution in [-0.2, 0) is 11.3 Å². The molecule has 0 amide bonds. The Hall–Kier alpha value is -1.79. The molecule has 0 saturated heterocycles. The molecule has 1 aromatic carbocycles. The minimum absolute atomic E-state index is 0.0430. The Kier molecular flexibility index (Phi) is 5.83. The van der Waals surface area contributed by atoms with Gasteiger partial charge >= 0.3 is 0 Å². The molecule has 2 rings (SSSR count). The summed E-state index contributed by atoms with van der Waals surface area (Å²) in [4.78, 5) is 0. The van der Waals surface area contributed by atoms with E-state index >= 15 is 0 Å². The van der Waals surface area contributed by atoms with E-state index in [1.54, 1.807) is 7.11 Å². The Bertz CT molecular complexity index is 487. The van der Waals surface area contributed by atoms with Gasteiger partial charge in [-0.15, -0.1) is 0 Å². The Morgan fingerprint density at radius 2 is 2.29 bits per heavy atom. The van der Waals surface area contributed by atoms with Crippen LogP contribution in [0.15, 0.2) is 23.4 Å². The summed E-state index contributed by atoms with van der Waals surface area (Å²) in [5, 5.41) is 15.1. The minimum Gasteiger partial charge on any atom is -0.496 e. The Morgan fingerprint density at radius 3 is 2.95 bits per heavy atom. The van der Waals surface area contributed by atoms with Gasteiger partial charge in [0.2, 0.25) is 0 Å². The summed E-state index contributed by atoms with van der Waals surface area (Å²) in [6, 6.07) is 5.62. The van der Waals surface area contributed by atoms with E-state index in [0.717, 1.165) is 31.2 Å². The number of hydrogen-bond donors (Lipinski definition) is 3. The molecule has 1 fully saturated rings. The predicted octanol–water partition coefficient (Wildman–Crippen LogP) is 1.31. The maximum atomic E-state index is 8.80. The fourth-order valence-electron chi connectivity index (χ4n) is 2.03. The fourth-order valence-corrected chi connectivity index (χ4v) is 2.03. The first-order chi connectivity index (χ1) is 10.2. The molecule has 1 saturated carbocycles. The van der Waals surface area contributed by atoms with Crippen molar-refractivity contribution in [3.63, 3.8) is 0 Å². The van der Waals surface area contributed by atoms with Crippen LogP contribution in [0, 0.1) is 5.92 Å². The first-order valence-corrected chi connectivity index (χ1v) is 7.18. The van der Waals surface area contributed by atoms with E-state index in [4.69, 9.17) is 20.4 Å². The first-order valence-electron chi connectivity index (χ1n) is 7.18. The van der Waals surface area contributed by atoms with Crippen molar-refractivity contribution in [2.75, 3.05) is 26.9 Å². The van der Waals surface area contributed by atoms with Crippen LogP contribution in [0.2, 0.25) is 0 Å². The molecule has 0 aromatic heterocycles. The topological polar surface area (TPSA) is 89.1 Å². The van der Waals surface area contributed by atoms with E-state index in [2.05, 4.69) is 10.5 Å². The van der Waals surface area contributed by atoms with Crippen LogP contribution in [0.1, 0.15) is 24.0 Å². The number of nitrogens with zero attached hydrogens (tertiary/aromatic N) is 1. The number of rotatable bonds is 9. The lowest BCUT2D eigenvalue weighted by Crippen LogP contribution is -2.20. The van der Waals surface area contributed by atoms with Gasteiger partial charge < -0.3 is 25.7 Å². The van der Waals surface area contributed by atoms with Gasteiger partial charge in [0.15, 0.2) is 5.84 Å². The van der Waals surface area contributed by atoms with Gasteiger partial charge in [0.1, 0.15) is 5.75 Å². The summed E-state index contributed by atoms with van der Waals surface area (Å²) in [5.74, 6) is 1.43. The quantitative estimate of drug-likeness (QED) is 0.210. The van der Waals surface area contributed by atoms with Crippen LogP contribution in [0.4, 0.5) is 0 Å². The number of oxime groups is 1. The molecule has 0 spiro atoms. The van der Waals surface area contributed by atoms with Gasteiger partial charge in [-0.05, 0) is 36.5 Å². The number of nitrogens with two attached hydrogens (primary N) is 1. The van der Waals surface area contributed by atoms with Crippen LogP contribution in [0.25, 0.3) is 0 Å². The molecule has 6 nitrogen and oxygen atoms in total. The van der Waals surface area contributed by atoms with Gasteiger partial charge in [-0.25, -0.2) is 0 Å². The third-order valence-electron chi connectivity index (χ3n) is 3.45. The summed E-state index contributed by atoms with van der Waals surface area (Å²) < 4.78 is 10.8. The number of amidine groups is 1. The Morgan fingerprint density at radius 1 is 1.48 bits per heavy atom. The lowest BCUT2D eigenvalue weighted by Gasteiger charge is -2.10. The standard InChI is InChI=1S/C15H23N3O3/c1-20-14-5-4-12(8-13(14)15(16)18-19)9-17-6-7-21-10-11-2-3-11/h4-5,8,11,17,19H,2-3,6-7,9-10H2,1H3,(H2,16,18). The average Bonchev–Trinajstić information content (AvgIpc) is 3.34. The van der Waals surface area contributed by atoms with Gasteiger partial charge in [-0.1, -0.05) is 11.2 Å². The van der Waals surface area contributed by atoms with Crippen LogP contribution in [0.3, 0.4) is 0 Å². The van der Waals surface area contributed by atoms with E-state index in [0.29, 0.717) is 17.9 Å². The number of ether oxygens (including phenoxy) is 2. The zero-order valence-corrected chi connectivity index (χ0v) is 12.3. The van der Waals surface area contributed by atoms with Crippen molar-refractivity contribution in [1.29, 1.82) is 0 Å². The summed E-state index contributed by atoms with van der Waals surface area (Å²) >= 11 is 0. The van der Waals surface area contributed by atoms with E-state index in [-0.39, 0.29) is 5.84 Å². The zero-order chi connectivity index (χ0) is 15.1. The van der Waals surface area contributed by atoms with Gasteiger partial charge in [-0.2, -0.15) is 0 Å². The molecule has 1 aliphatic rings. The highest BCUT2D eigenvalue weighted by Crippen LogP contribution is 2.28. The smallest absolute Gasteiger partial charge is 0.173 e. The average molecular weight is 293 g/mol. The number of benzene rings is 1. The maximum absolute atomic E-state index is 8.80. The largest absolute Gasteiger partial charge is 0.496 e. The highest BCUT2D eigenvalue weighted by molar-refractivity contribution is 5.99. The van der Waals surface area contributed by atoms with Gasteiger partial charge in [0, 0.05) is 19.7 Å². The molecule has 0 aliphatic heterocycles. The van der Waals surface area contributed by atoms with Crippen LogP contribution in [-0.4, -0.2) is 37.9 Å². The number of methoxy groups -OCH3 is 1. The molecule has 4 N–H and O–H groups in total. The Labute approximate surface area is 124 Å². The lowest BCUT2D eigenvalue weighted by atomic mass is 10.1. The highest BCUT2D eigenvalue weighted by atomic mass is 16.5. The second kappa shape index (κ2) is 7.85. The second-order valence-electron chi connectivity index (χ2n) is 5.21. The van der Waals surface area contributed by atoms with Crippen molar-refractivity contribution in [2.24, 2.45) is 16.8 Å². The normalized spacial score (nSPS) is 15.2. The fraction of sp³-hybridized carbons (Fsp3) is 0.533. The van der Waals surface area contributed by atoms with Gasteiger partial charge in [-0.3, -0.25) is 0 Å². The molecular weight excluding hydrogens is 270 g/mol. The zero-order valence-electron chi connectivity index (χ0n) is 12.3. The van der Waals surface area contributed by atoms with Crippen LogP contribution < -0.4 is 15.8 Å².